The van der Waals surface area contributed by atoms with E-state index in [-0.39, 0.29) is 5.91 Å². The predicted octanol–water partition coefficient (Wildman–Crippen LogP) is 1.37. The molecule has 1 aromatic carbocycles. The molecule has 0 aromatic heterocycles. The fourth-order valence-electron chi connectivity index (χ4n) is 3.72. The minimum atomic E-state index is -0.963. The van der Waals surface area contributed by atoms with Crippen LogP contribution in [0.25, 0.3) is 0 Å². The normalized spacial score (nSPS) is 36.3. The van der Waals surface area contributed by atoms with Crippen LogP contribution in [0, 0.1) is 18.8 Å². The molecule has 1 spiro atoms. The van der Waals surface area contributed by atoms with Crippen LogP contribution in [0.1, 0.15) is 5.56 Å². The standard InChI is InChI=1S/C16H15NO4/c1-9-2-4-10(5-3-9)17-8-16-7-6-11(21-16)12(15(19)20)13(16)14(17)18/h2-7,11-13H,8H2,1H3,(H,19,20)/t11-,12-,13+,16-/m1/s1. The molecule has 108 valence electrons. The quantitative estimate of drug-likeness (QED) is 0.833. The molecule has 0 unspecified atom stereocenters. The summed E-state index contributed by atoms with van der Waals surface area (Å²) in [6.07, 6.45) is 3.17. The second-order valence-corrected chi connectivity index (χ2v) is 6.00. The second-order valence-electron chi connectivity index (χ2n) is 6.00. The fraction of sp³-hybridized carbons (Fsp3) is 0.375. The van der Waals surface area contributed by atoms with Crippen molar-refractivity contribution in [2.45, 2.75) is 18.6 Å². The molecule has 1 aromatic rings. The van der Waals surface area contributed by atoms with E-state index in [1.54, 1.807) is 11.0 Å². The zero-order valence-electron chi connectivity index (χ0n) is 11.5. The first-order chi connectivity index (χ1) is 10.0. The van der Waals surface area contributed by atoms with Crippen molar-refractivity contribution in [2.24, 2.45) is 11.8 Å². The number of fused-ring (bicyclic) bond motifs is 1. The van der Waals surface area contributed by atoms with Gasteiger partial charge in [0.05, 0.1) is 18.6 Å². The van der Waals surface area contributed by atoms with Crippen LogP contribution in [0.4, 0.5) is 5.69 Å². The number of aliphatic carboxylic acids is 1. The van der Waals surface area contributed by atoms with E-state index in [4.69, 9.17) is 4.74 Å². The minimum absolute atomic E-state index is 0.155. The van der Waals surface area contributed by atoms with E-state index in [1.807, 2.05) is 37.3 Å². The van der Waals surface area contributed by atoms with Gasteiger partial charge in [-0.05, 0) is 19.1 Å². The third-order valence-electron chi connectivity index (χ3n) is 4.73. The number of rotatable bonds is 2. The number of nitrogens with zero attached hydrogens (tertiary/aromatic N) is 1. The molecule has 5 nitrogen and oxygen atoms in total. The molecule has 3 aliphatic heterocycles. The Morgan fingerprint density at radius 3 is 2.76 bits per heavy atom. The second kappa shape index (κ2) is 3.95. The van der Waals surface area contributed by atoms with Crippen molar-refractivity contribution >= 4 is 17.6 Å². The van der Waals surface area contributed by atoms with Crippen molar-refractivity contribution in [3.8, 4) is 0 Å². The molecule has 1 N–H and O–H groups in total. The zero-order chi connectivity index (χ0) is 14.8. The fourth-order valence-corrected chi connectivity index (χ4v) is 3.72. The summed E-state index contributed by atoms with van der Waals surface area (Å²) < 4.78 is 5.85. The first-order valence-corrected chi connectivity index (χ1v) is 7.00. The number of hydrogen-bond acceptors (Lipinski definition) is 3. The van der Waals surface area contributed by atoms with Gasteiger partial charge in [-0.15, -0.1) is 0 Å². The van der Waals surface area contributed by atoms with Gasteiger partial charge in [0, 0.05) is 5.69 Å². The number of benzene rings is 1. The largest absolute Gasteiger partial charge is 0.481 e. The molecule has 2 fully saturated rings. The number of carboxylic acid groups (broad SMARTS) is 1. The van der Waals surface area contributed by atoms with Gasteiger partial charge in [0.1, 0.15) is 11.5 Å². The number of amides is 1. The van der Waals surface area contributed by atoms with Crippen LogP contribution in [0.5, 0.6) is 0 Å². The van der Waals surface area contributed by atoms with Gasteiger partial charge in [-0.3, -0.25) is 9.59 Å². The summed E-state index contributed by atoms with van der Waals surface area (Å²) in [6.45, 7) is 2.37. The van der Waals surface area contributed by atoms with Crippen LogP contribution in [0.2, 0.25) is 0 Å². The van der Waals surface area contributed by atoms with Crippen molar-refractivity contribution in [1.29, 1.82) is 0 Å². The highest BCUT2D eigenvalue weighted by Gasteiger charge is 2.67. The Labute approximate surface area is 121 Å². The third-order valence-corrected chi connectivity index (χ3v) is 4.73. The summed E-state index contributed by atoms with van der Waals surface area (Å²) in [5.74, 6) is -2.52. The highest BCUT2D eigenvalue weighted by atomic mass is 16.5. The summed E-state index contributed by atoms with van der Waals surface area (Å²) in [6, 6.07) is 7.65. The van der Waals surface area contributed by atoms with Gasteiger partial charge in [0.2, 0.25) is 5.91 Å². The molecule has 0 aliphatic carbocycles. The van der Waals surface area contributed by atoms with E-state index in [0.29, 0.717) is 6.54 Å². The van der Waals surface area contributed by atoms with Crippen LogP contribution < -0.4 is 4.90 Å². The molecule has 0 radical (unpaired) electrons. The van der Waals surface area contributed by atoms with Crippen molar-refractivity contribution in [2.75, 3.05) is 11.4 Å². The first kappa shape index (κ1) is 12.6. The average Bonchev–Trinajstić information content (AvgIpc) is 3.08. The maximum absolute atomic E-state index is 12.7. The predicted molar refractivity (Wildman–Crippen MR) is 74.9 cm³/mol. The molecule has 4 rings (SSSR count). The number of carbonyl (C=O) groups excluding carboxylic acids is 1. The molecule has 3 heterocycles. The van der Waals surface area contributed by atoms with E-state index >= 15 is 0 Å². The van der Waals surface area contributed by atoms with Gasteiger partial charge in [-0.2, -0.15) is 0 Å². The van der Waals surface area contributed by atoms with Crippen molar-refractivity contribution in [1.82, 2.24) is 0 Å². The summed E-state index contributed by atoms with van der Waals surface area (Å²) in [5.41, 5.74) is 1.14. The van der Waals surface area contributed by atoms with Gasteiger partial charge in [-0.25, -0.2) is 0 Å². The molecular formula is C16H15NO4. The molecular weight excluding hydrogens is 270 g/mol. The van der Waals surface area contributed by atoms with Gasteiger partial charge in [0.25, 0.3) is 0 Å². The van der Waals surface area contributed by atoms with E-state index in [1.165, 1.54) is 0 Å². The zero-order valence-corrected chi connectivity index (χ0v) is 11.5. The summed E-state index contributed by atoms with van der Waals surface area (Å²) in [7, 11) is 0. The lowest BCUT2D eigenvalue weighted by molar-refractivity contribution is -0.146. The smallest absolute Gasteiger partial charge is 0.310 e. The Balaban J connectivity index is 1.73. The van der Waals surface area contributed by atoms with E-state index in [9.17, 15) is 14.7 Å². The van der Waals surface area contributed by atoms with Crippen LogP contribution in [0.3, 0.4) is 0 Å². The lowest BCUT2D eigenvalue weighted by Crippen LogP contribution is -2.39. The Morgan fingerprint density at radius 1 is 1.38 bits per heavy atom. The van der Waals surface area contributed by atoms with Crippen molar-refractivity contribution in [3.63, 3.8) is 0 Å². The number of carbonyl (C=O) groups is 2. The summed E-state index contributed by atoms with van der Waals surface area (Å²) in [4.78, 5) is 25.8. The van der Waals surface area contributed by atoms with Crippen LogP contribution in [0.15, 0.2) is 36.4 Å². The van der Waals surface area contributed by atoms with E-state index in [2.05, 4.69) is 0 Å². The Morgan fingerprint density at radius 2 is 2.10 bits per heavy atom. The van der Waals surface area contributed by atoms with Crippen LogP contribution in [-0.2, 0) is 14.3 Å². The Bertz CT molecular complexity index is 665. The average molecular weight is 285 g/mol. The van der Waals surface area contributed by atoms with Gasteiger partial charge < -0.3 is 14.7 Å². The highest BCUT2D eigenvalue weighted by molar-refractivity contribution is 6.02. The Kier molecular flexibility index (Phi) is 2.37. The molecule has 3 aliphatic rings. The van der Waals surface area contributed by atoms with Gasteiger partial charge in [-0.1, -0.05) is 29.8 Å². The SMILES string of the molecule is Cc1ccc(N2C[C@@]34C=C[C@@H](O3)[C@@H](C(=O)O)[C@H]4C2=O)cc1. The van der Waals surface area contributed by atoms with E-state index < -0.39 is 29.5 Å². The summed E-state index contributed by atoms with van der Waals surface area (Å²) in [5, 5.41) is 9.41. The lowest BCUT2D eigenvalue weighted by Gasteiger charge is -2.21. The van der Waals surface area contributed by atoms with Crippen molar-refractivity contribution < 1.29 is 19.4 Å². The number of ether oxygens (including phenoxy) is 1. The van der Waals surface area contributed by atoms with Crippen LogP contribution >= 0.6 is 0 Å². The number of anilines is 1. The van der Waals surface area contributed by atoms with Gasteiger partial charge >= 0.3 is 5.97 Å². The number of aryl methyl sites for hydroxylation is 1. The van der Waals surface area contributed by atoms with E-state index in [0.717, 1.165) is 11.3 Å². The molecule has 4 atom stereocenters. The molecule has 2 bridgehead atoms. The third kappa shape index (κ3) is 1.55. The number of carboxylic acids is 1. The molecule has 0 saturated carbocycles. The minimum Gasteiger partial charge on any atom is -0.481 e. The molecule has 1 amide bonds. The monoisotopic (exact) mass is 285 g/mol. The molecule has 21 heavy (non-hydrogen) atoms. The summed E-state index contributed by atoms with van der Waals surface area (Å²) >= 11 is 0. The topological polar surface area (TPSA) is 66.8 Å². The maximum Gasteiger partial charge on any atom is 0.310 e. The van der Waals surface area contributed by atoms with Gasteiger partial charge in [0.15, 0.2) is 0 Å². The first-order valence-electron chi connectivity index (χ1n) is 7.00. The van der Waals surface area contributed by atoms with Crippen LogP contribution in [-0.4, -0.2) is 35.2 Å². The number of hydrogen-bond donors (Lipinski definition) is 1. The lowest BCUT2D eigenvalue weighted by atomic mass is 9.77. The molecule has 5 heteroatoms. The van der Waals surface area contributed by atoms with Crippen molar-refractivity contribution in [3.05, 3.63) is 42.0 Å². The molecule has 2 saturated heterocycles. The Hall–Kier alpha value is -2.14. The highest BCUT2D eigenvalue weighted by Crippen LogP contribution is 2.52. The maximum atomic E-state index is 12.7.